The number of carbonyl (C=O) groups excluding carboxylic acids is 2. The summed E-state index contributed by atoms with van der Waals surface area (Å²) >= 11 is 0. The number of likely N-dealkylation sites (N-methyl/N-ethyl adjacent to an activating group) is 1. The number of esters is 1. The SMILES string of the molecule is CN(C(=O)COC(=O)c1cc([N+](=O)[O-])ccc1N)C1CCCCC1. The molecule has 1 aliphatic carbocycles. The Bertz CT molecular complexity index is 641. The first kappa shape index (κ1) is 17.7. The molecular formula is C16H21N3O5. The lowest BCUT2D eigenvalue weighted by atomic mass is 9.94. The van der Waals surface area contributed by atoms with Crippen LogP contribution >= 0.6 is 0 Å². The number of amides is 1. The second-order valence-electron chi connectivity index (χ2n) is 5.90. The summed E-state index contributed by atoms with van der Waals surface area (Å²) in [5.74, 6) is -1.14. The van der Waals surface area contributed by atoms with Gasteiger partial charge in [-0.05, 0) is 18.9 Å². The predicted octanol–water partition coefficient (Wildman–Crippen LogP) is 2.12. The summed E-state index contributed by atoms with van der Waals surface area (Å²) in [6.07, 6.45) is 5.26. The monoisotopic (exact) mass is 335 g/mol. The Hall–Kier alpha value is -2.64. The van der Waals surface area contributed by atoms with E-state index in [0.717, 1.165) is 31.7 Å². The molecule has 130 valence electrons. The fourth-order valence-electron chi connectivity index (χ4n) is 2.81. The first-order valence-corrected chi connectivity index (χ1v) is 7.87. The van der Waals surface area contributed by atoms with E-state index in [9.17, 15) is 19.7 Å². The highest BCUT2D eigenvalue weighted by Gasteiger charge is 2.24. The van der Waals surface area contributed by atoms with Crippen LogP contribution in [0.5, 0.6) is 0 Å². The predicted molar refractivity (Wildman–Crippen MR) is 87.4 cm³/mol. The Balaban J connectivity index is 1.96. The van der Waals surface area contributed by atoms with E-state index in [4.69, 9.17) is 10.5 Å². The van der Waals surface area contributed by atoms with E-state index in [2.05, 4.69) is 0 Å². The molecule has 1 fully saturated rings. The highest BCUT2D eigenvalue weighted by Crippen LogP contribution is 2.22. The fraction of sp³-hybridized carbons (Fsp3) is 0.500. The molecule has 1 aliphatic rings. The summed E-state index contributed by atoms with van der Waals surface area (Å²) in [5, 5.41) is 10.8. The van der Waals surface area contributed by atoms with Gasteiger partial charge in [-0.25, -0.2) is 4.79 Å². The van der Waals surface area contributed by atoms with Gasteiger partial charge in [0.15, 0.2) is 6.61 Å². The van der Waals surface area contributed by atoms with Gasteiger partial charge in [0, 0.05) is 30.9 Å². The van der Waals surface area contributed by atoms with Crippen LogP contribution in [0, 0.1) is 10.1 Å². The van der Waals surface area contributed by atoms with Crippen molar-refractivity contribution >= 4 is 23.3 Å². The van der Waals surface area contributed by atoms with Gasteiger partial charge in [0.2, 0.25) is 0 Å². The molecular weight excluding hydrogens is 314 g/mol. The molecule has 8 heteroatoms. The number of nitrogens with two attached hydrogens (primary N) is 1. The van der Waals surface area contributed by atoms with Gasteiger partial charge in [-0.2, -0.15) is 0 Å². The number of ether oxygens (including phenoxy) is 1. The molecule has 0 unspecified atom stereocenters. The molecule has 1 saturated carbocycles. The van der Waals surface area contributed by atoms with Crippen molar-refractivity contribution in [2.75, 3.05) is 19.4 Å². The Morgan fingerprint density at radius 1 is 1.33 bits per heavy atom. The number of non-ortho nitro benzene ring substituents is 1. The highest BCUT2D eigenvalue weighted by atomic mass is 16.6. The maximum atomic E-state index is 12.1. The molecule has 8 nitrogen and oxygen atoms in total. The maximum Gasteiger partial charge on any atom is 0.341 e. The molecule has 2 N–H and O–H groups in total. The first-order chi connectivity index (χ1) is 11.4. The minimum atomic E-state index is -0.846. The van der Waals surface area contributed by atoms with Gasteiger partial charge in [0.05, 0.1) is 10.5 Å². The number of hydrogen-bond donors (Lipinski definition) is 1. The lowest BCUT2D eigenvalue weighted by Gasteiger charge is -2.31. The molecule has 0 aliphatic heterocycles. The zero-order valence-electron chi connectivity index (χ0n) is 13.6. The second kappa shape index (κ2) is 7.76. The van der Waals surface area contributed by atoms with Crippen LogP contribution in [-0.4, -0.2) is 41.4 Å². The summed E-state index contributed by atoms with van der Waals surface area (Å²) < 4.78 is 4.98. The van der Waals surface area contributed by atoms with Crippen molar-refractivity contribution in [3.8, 4) is 0 Å². The molecule has 0 atom stereocenters. The minimum Gasteiger partial charge on any atom is -0.452 e. The lowest BCUT2D eigenvalue weighted by molar-refractivity contribution is -0.384. The van der Waals surface area contributed by atoms with Crippen molar-refractivity contribution in [2.24, 2.45) is 0 Å². The summed E-state index contributed by atoms with van der Waals surface area (Å²) in [6.45, 7) is -0.409. The van der Waals surface area contributed by atoms with Crippen LogP contribution in [0.3, 0.4) is 0 Å². The standard InChI is InChI=1S/C16H21N3O5/c1-18(11-5-3-2-4-6-11)15(20)10-24-16(21)13-9-12(19(22)23)7-8-14(13)17/h7-9,11H,2-6,10,17H2,1H3. The van der Waals surface area contributed by atoms with Gasteiger partial charge in [0.1, 0.15) is 0 Å². The molecule has 0 aromatic heterocycles. The van der Waals surface area contributed by atoms with Crippen molar-refractivity contribution in [2.45, 2.75) is 38.1 Å². The Morgan fingerprint density at radius 2 is 2.00 bits per heavy atom. The molecule has 1 aromatic rings. The molecule has 1 amide bonds. The van der Waals surface area contributed by atoms with Gasteiger partial charge in [-0.3, -0.25) is 14.9 Å². The first-order valence-electron chi connectivity index (χ1n) is 7.87. The summed E-state index contributed by atoms with van der Waals surface area (Å²) in [6, 6.07) is 3.69. The van der Waals surface area contributed by atoms with E-state index >= 15 is 0 Å². The number of benzene rings is 1. The fourth-order valence-corrected chi connectivity index (χ4v) is 2.81. The molecule has 0 spiro atoms. The minimum absolute atomic E-state index is 0.0682. The van der Waals surface area contributed by atoms with Crippen LogP contribution in [0.15, 0.2) is 18.2 Å². The van der Waals surface area contributed by atoms with E-state index < -0.39 is 17.5 Å². The number of anilines is 1. The Labute approximate surface area is 139 Å². The van der Waals surface area contributed by atoms with Gasteiger partial charge < -0.3 is 15.4 Å². The van der Waals surface area contributed by atoms with Crippen LogP contribution < -0.4 is 5.73 Å². The van der Waals surface area contributed by atoms with Gasteiger partial charge >= 0.3 is 5.97 Å². The number of nitro benzene ring substituents is 1. The zero-order valence-corrected chi connectivity index (χ0v) is 13.6. The van der Waals surface area contributed by atoms with Crippen molar-refractivity contribution in [1.29, 1.82) is 0 Å². The normalized spacial score (nSPS) is 14.9. The van der Waals surface area contributed by atoms with Gasteiger partial charge in [-0.1, -0.05) is 19.3 Å². The molecule has 24 heavy (non-hydrogen) atoms. The number of nitrogen functional groups attached to an aromatic ring is 1. The average Bonchev–Trinajstić information content (AvgIpc) is 2.59. The van der Waals surface area contributed by atoms with E-state index in [1.807, 2.05) is 0 Å². The Kier molecular flexibility index (Phi) is 5.73. The number of rotatable bonds is 5. The topological polar surface area (TPSA) is 116 Å². The van der Waals surface area contributed by atoms with E-state index in [-0.39, 0.29) is 28.9 Å². The highest BCUT2D eigenvalue weighted by molar-refractivity contribution is 5.97. The smallest absolute Gasteiger partial charge is 0.341 e. The third kappa shape index (κ3) is 4.21. The molecule has 0 saturated heterocycles. The van der Waals surface area contributed by atoms with Crippen LogP contribution in [0.2, 0.25) is 0 Å². The second-order valence-corrected chi connectivity index (χ2v) is 5.90. The van der Waals surface area contributed by atoms with E-state index in [1.54, 1.807) is 11.9 Å². The molecule has 2 rings (SSSR count). The molecule has 1 aromatic carbocycles. The largest absolute Gasteiger partial charge is 0.452 e. The number of carbonyl (C=O) groups is 2. The zero-order chi connectivity index (χ0) is 17.7. The van der Waals surface area contributed by atoms with Crippen molar-refractivity contribution in [1.82, 2.24) is 4.90 Å². The summed E-state index contributed by atoms with van der Waals surface area (Å²) in [5.41, 5.74) is 5.35. The van der Waals surface area contributed by atoms with E-state index in [1.165, 1.54) is 18.6 Å². The van der Waals surface area contributed by atoms with E-state index in [0.29, 0.717) is 0 Å². The number of nitro groups is 1. The lowest BCUT2D eigenvalue weighted by Crippen LogP contribution is -2.40. The third-order valence-corrected chi connectivity index (χ3v) is 4.31. The summed E-state index contributed by atoms with van der Waals surface area (Å²) in [7, 11) is 1.70. The Morgan fingerprint density at radius 3 is 2.62 bits per heavy atom. The number of nitrogens with zero attached hydrogens (tertiary/aromatic N) is 2. The van der Waals surface area contributed by atoms with Gasteiger partial charge in [0.25, 0.3) is 11.6 Å². The van der Waals surface area contributed by atoms with Crippen LogP contribution in [0.25, 0.3) is 0 Å². The number of hydrogen-bond acceptors (Lipinski definition) is 6. The summed E-state index contributed by atoms with van der Waals surface area (Å²) in [4.78, 5) is 36.0. The molecule has 0 radical (unpaired) electrons. The van der Waals surface area contributed by atoms with Crippen molar-refractivity contribution in [3.05, 3.63) is 33.9 Å². The average molecular weight is 335 g/mol. The molecule has 0 heterocycles. The quantitative estimate of drug-likeness (QED) is 0.381. The van der Waals surface area contributed by atoms with Crippen LogP contribution in [0.1, 0.15) is 42.5 Å². The van der Waals surface area contributed by atoms with Crippen LogP contribution in [0.4, 0.5) is 11.4 Å². The maximum absolute atomic E-state index is 12.1. The van der Waals surface area contributed by atoms with Crippen molar-refractivity contribution in [3.63, 3.8) is 0 Å². The van der Waals surface area contributed by atoms with Gasteiger partial charge in [-0.15, -0.1) is 0 Å². The third-order valence-electron chi connectivity index (χ3n) is 4.31. The molecule has 0 bridgehead atoms. The van der Waals surface area contributed by atoms with Crippen molar-refractivity contribution < 1.29 is 19.2 Å². The van der Waals surface area contributed by atoms with Crippen LogP contribution in [-0.2, 0) is 9.53 Å².